The van der Waals surface area contributed by atoms with Crippen molar-refractivity contribution in [1.29, 1.82) is 0 Å². The summed E-state index contributed by atoms with van der Waals surface area (Å²) in [5, 5.41) is 5.69. The van der Waals surface area contributed by atoms with E-state index in [1.54, 1.807) is 24.3 Å². The Morgan fingerprint density at radius 1 is 0.808 bits per heavy atom. The van der Waals surface area contributed by atoms with E-state index in [9.17, 15) is 14.4 Å². The number of nitrogens with one attached hydrogen (secondary N) is 2. The van der Waals surface area contributed by atoms with Crippen molar-refractivity contribution in [2.24, 2.45) is 11.8 Å². The molecule has 2 N–H and O–H groups in total. The Bertz CT molecular complexity index is 871. The third kappa shape index (κ3) is 3.99. The summed E-state index contributed by atoms with van der Waals surface area (Å²) < 4.78 is 0. The highest BCUT2D eigenvalue weighted by molar-refractivity contribution is 6.03. The number of aryl methyl sites for hydroxylation is 2. The van der Waals surface area contributed by atoms with Gasteiger partial charge < -0.3 is 10.6 Å². The van der Waals surface area contributed by atoms with E-state index in [-0.39, 0.29) is 29.4 Å². The molecular formula is C21H22N2O3. The van der Waals surface area contributed by atoms with Crippen molar-refractivity contribution < 1.29 is 14.4 Å². The minimum absolute atomic E-state index is 0.0202. The minimum atomic E-state index is -0.311. The van der Waals surface area contributed by atoms with Crippen LogP contribution in [0.2, 0.25) is 0 Å². The van der Waals surface area contributed by atoms with E-state index in [0.717, 1.165) is 11.3 Å². The zero-order valence-corrected chi connectivity index (χ0v) is 15.1. The summed E-state index contributed by atoms with van der Waals surface area (Å²) in [5.74, 6) is -0.920. The predicted molar refractivity (Wildman–Crippen MR) is 101 cm³/mol. The molecule has 1 aliphatic rings. The second kappa shape index (κ2) is 7.12. The zero-order valence-electron chi connectivity index (χ0n) is 15.1. The third-order valence-corrected chi connectivity index (χ3v) is 4.80. The van der Waals surface area contributed by atoms with Crippen LogP contribution in [0.3, 0.4) is 0 Å². The van der Waals surface area contributed by atoms with Crippen molar-refractivity contribution >= 4 is 29.0 Å². The average molecular weight is 350 g/mol. The fraction of sp³-hybridized carbons (Fsp3) is 0.286. The normalized spacial score (nSPS) is 18.1. The lowest BCUT2D eigenvalue weighted by molar-refractivity contribution is -0.122. The summed E-state index contributed by atoms with van der Waals surface area (Å²) in [6.45, 7) is 5.51. The van der Waals surface area contributed by atoms with Gasteiger partial charge in [-0.15, -0.1) is 0 Å². The van der Waals surface area contributed by atoms with Crippen LogP contribution in [0.4, 0.5) is 11.4 Å². The van der Waals surface area contributed by atoms with E-state index in [1.807, 2.05) is 32.0 Å². The Hall–Kier alpha value is -2.95. The minimum Gasteiger partial charge on any atom is -0.326 e. The van der Waals surface area contributed by atoms with E-state index in [4.69, 9.17) is 0 Å². The van der Waals surface area contributed by atoms with Crippen molar-refractivity contribution in [1.82, 2.24) is 0 Å². The van der Waals surface area contributed by atoms with Gasteiger partial charge in [-0.05, 0) is 74.7 Å². The van der Waals surface area contributed by atoms with Crippen LogP contribution in [-0.2, 0) is 9.59 Å². The van der Waals surface area contributed by atoms with Gasteiger partial charge in [-0.1, -0.05) is 6.07 Å². The van der Waals surface area contributed by atoms with Gasteiger partial charge >= 0.3 is 0 Å². The molecule has 134 valence electrons. The number of benzene rings is 2. The summed E-state index contributed by atoms with van der Waals surface area (Å²) in [7, 11) is 0. The van der Waals surface area contributed by atoms with E-state index in [2.05, 4.69) is 10.6 Å². The Labute approximate surface area is 152 Å². The quantitative estimate of drug-likeness (QED) is 0.807. The molecule has 1 aliphatic carbocycles. The van der Waals surface area contributed by atoms with Gasteiger partial charge in [0.05, 0.1) is 11.8 Å². The first-order valence-corrected chi connectivity index (χ1v) is 8.65. The molecule has 0 aromatic heterocycles. The molecule has 0 saturated heterocycles. The van der Waals surface area contributed by atoms with Crippen molar-refractivity contribution in [2.45, 2.75) is 27.2 Å². The van der Waals surface area contributed by atoms with Crippen LogP contribution in [0.25, 0.3) is 0 Å². The van der Waals surface area contributed by atoms with Crippen molar-refractivity contribution in [2.75, 3.05) is 10.6 Å². The lowest BCUT2D eigenvalue weighted by Gasteiger charge is -2.08. The molecule has 1 saturated carbocycles. The van der Waals surface area contributed by atoms with E-state index in [0.29, 0.717) is 17.7 Å². The molecular weight excluding hydrogens is 328 g/mol. The number of anilines is 2. The van der Waals surface area contributed by atoms with Crippen LogP contribution < -0.4 is 10.6 Å². The molecule has 2 aromatic rings. The highest BCUT2D eigenvalue weighted by Gasteiger charge is 2.48. The van der Waals surface area contributed by atoms with Gasteiger partial charge in [0.2, 0.25) is 11.8 Å². The number of ketones is 1. The van der Waals surface area contributed by atoms with Gasteiger partial charge in [-0.2, -0.15) is 0 Å². The van der Waals surface area contributed by atoms with Crippen LogP contribution in [0.15, 0.2) is 42.5 Å². The van der Waals surface area contributed by atoms with Gasteiger partial charge in [0.15, 0.2) is 5.78 Å². The molecule has 1 fully saturated rings. The zero-order chi connectivity index (χ0) is 18.8. The number of hydrogen-bond donors (Lipinski definition) is 2. The maximum absolute atomic E-state index is 12.3. The number of carbonyl (C=O) groups excluding carboxylic acids is 3. The topological polar surface area (TPSA) is 75.3 Å². The molecule has 0 aliphatic heterocycles. The lowest BCUT2D eigenvalue weighted by atomic mass is 10.1. The molecule has 2 amide bonds. The number of amides is 2. The molecule has 0 spiro atoms. The van der Waals surface area contributed by atoms with Gasteiger partial charge in [0, 0.05) is 16.9 Å². The number of carbonyl (C=O) groups is 3. The maximum atomic E-state index is 12.3. The number of Topliss-reactive ketones (excluding diaryl/α,β-unsaturated/α-hetero) is 1. The average Bonchev–Trinajstić information content (AvgIpc) is 3.39. The molecule has 2 atom stereocenters. The molecule has 0 heterocycles. The lowest BCUT2D eigenvalue weighted by Crippen LogP contribution is -2.20. The van der Waals surface area contributed by atoms with E-state index in [1.165, 1.54) is 12.5 Å². The molecule has 26 heavy (non-hydrogen) atoms. The Kier molecular flexibility index (Phi) is 4.89. The van der Waals surface area contributed by atoms with Crippen LogP contribution in [0.1, 0.15) is 34.8 Å². The predicted octanol–water partition coefficient (Wildman–Crippen LogP) is 3.72. The standard InChI is InChI=1S/C21H22N2O3/c1-12-4-7-17(10-13(12)2)23-21(26)19-11-18(19)20(25)22-16-8-5-15(6-9-16)14(3)24/h4-10,18-19H,11H2,1-3H3,(H,22,25)(H,23,26). The SMILES string of the molecule is CC(=O)c1ccc(NC(=O)C2CC2C(=O)Nc2ccc(C)c(C)c2)cc1. The Morgan fingerprint density at radius 2 is 1.35 bits per heavy atom. The summed E-state index contributed by atoms with van der Waals surface area (Å²) in [5.41, 5.74) is 4.26. The first kappa shape index (κ1) is 17.9. The summed E-state index contributed by atoms with van der Waals surface area (Å²) >= 11 is 0. The monoisotopic (exact) mass is 350 g/mol. The van der Waals surface area contributed by atoms with E-state index >= 15 is 0 Å². The maximum Gasteiger partial charge on any atom is 0.228 e. The summed E-state index contributed by atoms with van der Waals surface area (Å²) in [6.07, 6.45) is 0.550. The van der Waals surface area contributed by atoms with E-state index < -0.39 is 0 Å². The molecule has 3 rings (SSSR count). The van der Waals surface area contributed by atoms with Crippen LogP contribution in [0, 0.1) is 25.7 Å². The highest BCUT2D eigenvalue weighted by Crippen LogP contribution is 2.40. The summed E-state index contributed by atoms with van der Waals surface area (Å²) in [4.78, 5) is 35.9. The molecule has 0 radical (unpaired) electrons. The Balaban J connectivity index is 1.55. The fourth-order valence-corrected chi connectivity index (χ4v) is 2.85. The van der Waals surface area contributed by atoms with Gasteiger partial charge in [0.25, 0.3) is 0 Å². The second-order valence-corrected chi connectivity index (χ2v) is 6.86. The number of rotatable bonds is 5. The Morgan fingerprint density at radius 3 is 1.88 bits per heavy atom. The highest BCUT2D eigenvalue weighted by atomic mass is 16.2. The molecule has 2 unspecified atom stereocenters. The molecule has 0 bridgehead atoms. The van der Waals surface area contributed by atoms with Crippen molar-refractivity contribution in [3.05, 3.63) is 59.2 Å². The van der Waals surface area contributed by atoms with Crippen LogP contribution in [0.5, 0.6) is 0 Å². The fourth-order valence-electron chi connectivity index (χ4n) is 2.85. The van der Waals surface area contributed by atoms with Crippen molar-refractivity contribution in [3.63, 3.8) is 0 Å². The van der Waals surface area contributed by atoms with Gasteiger partial charge in [-0.3, -0.25) is 14.4 Å². The van der Waals surface area contributed by atoms with Crippen molar-refractivity contribution in [3.8, 4) is 0 Å². The molecule has 5 heteroatoms. The smallest absolute Gasteiger partial charge is 0.228 e. The number of hydrogen-bond acceptors (Lipinski definition) is 3. The second-order valence-electron chi connectivity index (χ2n) is 6.86. The first-order valence-electron chi connectivity index (χ1n) is 8.65. The van der Waals surface area contributed by atoms with Gasteiger partial charge in [0.1, 0.15) is 0 Å². The first-order chi connectivity index (χ1) is 12.3. The van der Waals surface area contributed by atoms with Crippen LogP contribution in [-0.4, -0.2) is 17.6 Å². The molecule has 5 nitrogen and oxygen atoms in total. The van der Waals surface area contributed by atoms with Gasteiger partial charge in [-0.25, -0.2) is 0 Å². The summed E-state index contributed by atoms with van der Waals surface area (Å²) in [6, 6.07) is 12.5. The third-order valence-electron chi connectivity index (χ3n) is 4.80. The van der Waals surface area contributed by atoms with Crippen LogP contribution >= 0.6 is 0 Å². The molecule has 2 aromatic carbocycles. The largest absolute Gasteiger partial charge is 0.326 e.